The summed E-state index contributed by atoms with van der Waals surface area (Å²) in [5.74, 6) is -0.633. The van der Waals surface area contributed by atoms with Crippen LogP contribution >= 0.6 is 0 Å². The summed E-state index contributed by atoms with van der Waals surface area (Å²) in [5, 5.41) is 0. The molecule has 0 aliphatic heterocycles. The highest BCUT2D eigenvalue weighted by Gasteiger charge is 2.24. The summed E-state index contributed by atoms with van der Waals surface area (Å²) in [7, 11) is -3.72. The molecule has 0 unspecified atom stereocenters. The first-order chi connectivity index (χ1) is 9.95. The zero-order valence-corrected chi connectivity index (χ0v) is 12.3. The summed E-state index contributed by atoms with van der Waals surface area (Å²) in [5.41, 5.74) is 6.09. The van der Waals surface area contributed by atoms with Crippen molar-refractivity contribution < 1.29 is 12.8 Å². The summed E-state index contributed by atoms with van der Waals surface area (Å²) >= 11 is 0. The van der Waals surface area contributed by atoms with Gasteiger partial charge in [-0.05, 0) is 35.9 Å². The van der Waals surface area contributed by atoms with E-state index in [9.17, 15) is 12.8 Å². The summed E-state index contributed by atoms with van der Waals surface area (Å²) < 4.78 is 39.6. The van der Waals surface area contributed by atoms with Crippen molar-refractivity contribution >= 4 is 15.7 Å². The lowest BCUT2D eigenvalue weighted by molar-refractivity contribution is 0.423. The molecule has 1 aromatic carbocycles. The van der Waals surface area contributed by atoms with Crippen molar-refractivity contribution in [1.29, 1.82) is 0 Å². The van der Waals surface area contributed by atoms with Crippen LogP contribution in [0.2, 0.25) is 0 Å². The third-order valence-electron chi connectivity index (χ3n) is 3.07. The van der Waals surface area contributed by atoms with Crippen molar-refractivity contribution in [1.82, 2.24) is 9.29 Å². The number of nitrogens with zero attached hydrogens (tertiary/aromatic N) is 2. The molecule has 0 aliphatic rings. The smallest absolute Gasteiger partial charge is 0.243 e. The molecule has 2 N–H and O–H groups in total. The van der Waals surface area contributed by atoms with E-state index in [1.165, 1.54) is 10.4 Å². The van der Waals surface area contributed by atoms with Gasteiger partial charge in [-0.25, -0.2) is 12.8 Å². The van der Waals surface area contributed by atoms with Crippen molar-refractivity contribution in [2.24, 2.45) is 0 Å². The Morgan fingerprint density at radius 3 is 2.48 bits per heavy atom. The lowest BCUT2D eigenvalue weighted by Gasteiger charge is -2.20. The third-order valence-corrected chi connectivity index (χ3v) is 4.98. The number of benzene rings is 1. The topological polar surface area (TPSA) is 76.3 Å². The molecule has 7 heteroatoms. The Labute approximate surface area is 123 Å². The fourth-order valence-electron chi connectivity index (χ4n) is 1.89. The van der Waals surface area contributed by atoms with Gasteiger partial charge in [0.1, 0.15) is 5.82 Å². The van der Waals surface area contributed by atoms with E-state index in [4.69, 9.17) is 5.73 Å². The number of hydrogen-bond acceptors (Lipinski definition) is 4. The average Bonchev–Trinajstić information content (AvgIpc) is 2.48. The third kappa shape index (κ3) is 3.37. The Hall–Kier alpha value is -1.99. The first-order valence-corrected chi connectivity index (χ1v) is 7.83. The molecule has 2 rings (SSSR count). The predicted octanol–water partition coefficient (Wildman–Crippen LogP) is 2.01. The first-order valence-electron chi connectivity index (χ1n) is 6.39. The maximum atomic E-state index is 13.2. The molecule has 0 atom stereocenters. The van der Waals surface area contributed by atoms with E-state index >= 15 is 0 Å². The number of aromatic nitrogens is 1. The van der Waals surface area contributed by atoms with E-state index in [-0.39, 0.29) is 17.1 Å². The van der Waals surface area contributed by atoms with Crippen LogP contribution in [-0.2, 0) is 16.6 Å². The van der Waals surface area contributed by atoms with E-state index in [0.717, 1.165) is 17.7 Å². The molecular formula is C14H16FN3O2S. The second-order valence-electron chi connectivity index (χ2n) is 4.47. The number of sulfonamides is 1. The highest BCUT2D eigenvalue weighted by atomic mass is 32.2. The zero-order chi connectivity index (χ0) is 15.5. The maximum absolute atomic E-state index is 13.2. The minimum Gasteiger partial charge on any atom is -0.396 e. The van der Waals surface area contributed by atoms with Crippen LogP contribution in [0.4, 0.5) is 10.1 Å². The molecule has 0 saturated carbocycles. The second kappa shape index (κ2) is 6.19. The summed E-state index contributed by atoms with van der Waals surface area (Å²) in [6, 6.07) is 6.91. The number of hydrogen-bond donors (Lipinski definition) is 1. The molecule has 1 heterocycles. The molecule has 1 aromatic heterocycles. The van der Waals surface area contributed by atoms with E-state index in [2.05, 4.69) is 4.98 Å². The summed E-state index contributed by atoms with van der Waals surface area (Å²) in [6.45, 7) is 2.26. The van der Waals surface area contributed by atoms with Crippen LogP contribution in [0, 0.1) is 5.82 Å². The van der Waals surface area contributed by atoms with Crippen LogP contribution in [-0.4, -0.2) is 24.3 Å². The molecule has 0 aliphatic carbocycles. The van der Waals surface area contributed by atoms with Crippen molar-refractivity contribution in [3.63, 3.8) is 0 Å². The number of nitrogen functional groups attached to an aromatic ring is 1. The van der Waals surface area contributed by atoms with Gasteiger partial charge in [-0.15, -0.1) is 0 Å². The van der Waals surface area contributed by atoms with Gasteiger partial charge in [0.15, 0.2) is 0 Å². The summed E-state index contributed by atoms with van der Waals surface area (Å²) in [6.07, 6.45) is 3.21. The molecule has 0 radical (unpaired) electrons. The largest absolute Gasteiger partial charge is 0.396 e. The Balaban J connectivity index is 2.33. The lowest BCUT2D eigenvalue weighted by Crippen LogP contribution is -2.30. The van der Waals surface area contributed by atoms with Crippen LogP contribution in [0.25, 0.3) is 0 Å². The fraction of sp³-hybridized carbons (Fsp3) is 0.214. The molecule has 0 fully saturated rings. The molecule has 21 heavy (non-hydrogen) atoms. The molecule has 5 nitrogen and oxygen atoms in total. The van der Waals surface area contributed by atoms with Gasteiger partial charge in [-0.2, -0.15) is 4.31 Å². The maximum Gasteiger partial charge on any atom is 0.243 e. The van der Waals surface area contributed by atoms with Gasteiger partial charge >= 0.3 is 0 Å². The van der Waals surface area contributed by atoms with Crippen molar-refractivity contribution in [2.75, 3.05) is 12.3 Å². The molecule has 112 valence electrons. The van der Waals surface area contributed by atoms with E-state index in [0.29, 0.717) is 6.54 Å². The van der Waals surface area contributed by atoms with E-state index in [1.54, 1.807) is 31.5 Å². The monoisotopic (exact) mass is 309 g/mol. The highest BCUT2D eigenvalue weighted by Crippen LogP contribution is 2.21. The Bertz CT molecular complexity index is 720. The molecule has 0 spiro atoms. The number of nitrogens with two attached hydrogens (primary N) is 1. The second-order valence-corrected chi connectivity index (χ2v) is 6.41. The van der Waals surface area contributed by atoms with Crippen LogP contribution in [0.3, 0.4) is 0 Å². The Morgan fingerprint density at radius 1 is 1.24 bits per heavy atom. The van der Waals surface area contributed by atoms with Crippen LogP contribution in [0.15, 0.2) is 47.6 Å². The molecule has 0 amide bonds. The van der Waals surface area contributed by atoms with Gasteiger partial charge in [0.25, 0.3) is 0 Å². The molecule has 0 bridgehead atoms. The first kappa shape index (κ1) is 15.4. The van der Waals surface area contributed by atoms with E-state index < -0.39 is 15.8 Å². The molecule has 2 aromatic rings. The zero-order valence-electron chi connectivity index (χ0n) is 11.5. The predicted molar refractivity (Wildman–Crippen MR) is 78.3 cm³/mol. The van der Waals surface area contributed by atoms with E-state index in [1.807, 2.05) is 0 Å². The van der Waals surface area contributed by atoms with Gasteiger partial charge in [0.2, 0.25) is 10.0 Å². The van der Waals surface area contributed by atoms with Crippen LogP contribution < -0.4 is 5.73 Å². The highest BCUT2D eigenvalue weighted by molar-refractivity contribution is 7.89. The average molecular weight is 309 g/mol. The van der Waals surface area contributed by atoms with Gasteiger partial charge < -0.3 is 5.73 Å². The fourth-order valence-corrected chi connectivity index (χ4v) is 3.36. The number of pyridine rings is 1. The Morgan fingerprint density at radius 2 is 1.90 bits per heavy atom. The standard InChI is InChI=1S/C14H16FN3O2S/c1-2-18(10-11-5-7-17-8-6-11)21(19,20)12-3-4-13(15)14(16)9-12/h3-9H,2,10,16H2,1H3. The Kier molecular flexibility index (Phi) is 4.54. The number of halogens is 1. The molecular weight excluding hydrogens is 293 g/mol. The normalized spacial score (nSPS) is 11.8. The van der Waals surface area contributed by atoms with Crippen LogP contribution in [0.1, 0.15) is 12.5 Å². The van der Waals surface area contributed by atoms with Gasteiger partial charge in [0, 0.05) is 25.5 Å². The number of anilines is 1. The SMILES string of the molecule is CCN(Cc1ccncc1)S(=O)(=O)c1ccc(F)c(N)c1. The summed E-state index contributed by atoms with van der Waals surface area (Å²) in [4.78, 5) is 3.88. The van der Waals surface area contributed by atoms with Crippen molar-refractivity contribution in [3.8, 4) is 0 Å². The lowest BCUT2D eigenvalue weighted by atomic mass is 10.3. The van der Waals surface area contributed by atoms with Gasteiger partial charge in [-0.1, -0.05) is 6.92 Å². The quantitative estimate of drug-likeness (QED) is 0.857. The van der Waals surface area contributed by atoms with Gasteiger partial charge in [-0.3, -0.25) is 4.98 Å². The number of rotatable bonds is 5. The minimum atomic E-state index is -3.72. The van der Waals surface area contributed by atoms with Gasteiger partial charge in [0.05, 0.1) is 10.6 Å². The van der Waals surface area contributed by atoms with Crippen molar-refractivity contribution in [2.45, 2.75) is 18.4 Å². The molecule has 0 saturated heterocycles. The van der Waals surface area contributed by atoms with Crippen LogP contribution in [0.5, 0.6) is 0 Å². The minimum absolute atomic E-state index is 0.0164. The van der Waals surface area contributed by atoms with Crippen molar-refractivity contribution in [3.05, 3.63) is 54.1 Å².